The van der Waals surface area contributed by atoms with Crippen molar-refractivity contribution in [1.82, 2.24) is 9.97 Å². The molecule has 0 radical (unpaired) electrons. The van der Waals surface area contributed by atoms with Gasteiger partial charge in [-0.05, 0) is 45.6 Å². The van der Waals surface area contributed by atoms with Gasteiger partial charge in [-0.15, -0.1) is 0 Å². The van der Waals surface area contributed by atoms with Gasteiger partial charge in [0.15, 0.2) is 5.78 Å². The van der Waals surface area contributed by atoms with Crippen molar-refractivity contribution in [2.24, 2.45) is 5.73 Å². The average molecular weight is 415 g/mol. The number of nitrogens with zero attached hydrogens (tertiary/aromatic N) is 2. The maximum Gasteiger partial charge on any atom is 0.223 e. The highest BCUT2D eigenvalue weighted by molar-refractivity contribution is 6.05. The van der Waals surface area contributed by atoms with Crippen LogP contribution in [0.4, 0.5) is 5.95 Å². The summed E-state index contributed by atoms with van der Waals surface area (Å²) in [5.74, 6) is 0.344. The molecule has 30 heavy (non-hydrogen) atoms. The van der Waals surface area contributed by atoms with E-state index in [0.717, 1.165) is 17.5 Å². The Balaban J connectivity index is 0.000000265. The van der Waals surface area contributed by atoms with Gasteiger partial charge in [-0.2, -0.15) is 0 Å². The smallest absolute Gasteiger partial charge is 0.223 e. The molecule has 2 aliphatic rings. The van der Waals surface area contributed by atoms with Crippen molar-refractivity contribution < 1.29 is 14.3 Å². The molecule has 1 amide bonds. The van der Waals surface area contributed by atoms with Gasteiger partial charge in [0, 0.05) is 36.7 Å². The molecule has 1 aliphatic heterocycles. The highest BCUT2D eigenvalue weighted by Crippen LogP contribution is 2.22. The Morgan fingerprint density at radius 3 is 2.33 bits per heavy atom. The maximum absolute atomic E-state index is 11.7. The summed E-state index contributed by atoms with van der Waals surface area (Å²) in [6.45, 7) is 5.99. The number of hydrogen-bond acceptors (Lipinski definition) is 6. The number of nitrogens with two attached hydrogens (primary N) is 1. The van der Waals surface area contributed by atoms with Crippen molar-refractivity contribution in [3.63, 3.8) is 0 Å². The van der Waals surface area contributed by atoms with Crippen molar-refractivity contribution in [2.75, 3.05) is 11.9 Å². The van der Waals surface area contributed by atoms with Gasteiger partial charge >= 0.3 is 0 Å². The summed E-state index contributed by atoms with van der Waals surface area (Å²) in [4.78, 5) is 29.8. The van der Waals surface area contributed by atoms with Crippen molar-refractivity contribution in [2.45, 2.75) is 77.9 Å². The standard InChI is InChI=1S/C16H19N3O.C5H10O.C2H5NO/c1-11(20)14-9-5-6-12-10-17-16(19-15(12)14)18-13-7-3-2-4-8-13;1-5-3-2-4-6-5;1-2(3)4/h5-6,9-10,13H,2-4,7-8H2,1H3,(H,17,18,19);5H,2-4H2,1H3;1H3,(H2,3,4). The number of Topliss-reactive ketones (excluding diaryl/α,β-unsaturated/α-hetero) is 1. The lowest BCUT2D eigenvalue weighted by atomic mass is 9.96. The van der Waals surface area contributed by atoms with E-state index in [1.54, 1.807) is 13.1 Å². The predicted octanol–water partition coefficient (Wildman–Crippen LogP) is 4.25. The first-order chi connectivity index (χ1) is 14.4. The monoisotopic (exact) mass is 414 g/mol. The zero-order chi connectivity index (χ0) is 21.9. The van der Waals surface area contributed by atoms with Crippen LogP contribution in [-0.4, -0.2) is 40.4 Å². The number of carbonyl (C=O) groups excluding carboxylic acids is 2. The van der Waals surface area contributed by atoms with Gasteiger partial charge < -0.3 is 15.8 Å². The van der Waals surface area contributed by atoms with Crippen LogP contribution in [0.15, 0.2) is 24.4 Å². The van der Waals surface area contributed by atoms with E-state index in [1.807, 2.05) is 18.2 Å². The zero-order valence-electron chi connectivity index (χ0n) is 18.3. The number of ether oxygens (including phenoxy) is 1. The summed E-state index contributed by atoms with van der Waals surface area (Å²) in [6, 6.07) is 6.09. The Kier molecular flexibility index (Phi) is 9.67. The molecule has 164 valence electrons. The summed E-state index contributed by atoms with van der Waals surface area (Å²) in [5.41, 5.74) is 5.88. The fourth-order valence-corrected chi connectivity index (χ4v) is 3.58. The fraction of sp³-hybridized carbons (Fsp3) is 0.565. The number of benzene rings is 1. The van der Waals surface area contributed by atoms with Gasteiger partial charge in [0.05, 0.1) is 11.6 Å². The summed E-state index contributed by atoms with van der Waals surface area (Å²) >= 11 is 0. The average Bonchev–Trinajstić information content (AvgIpc) is 3.19. The Morgan fingerprint density at radius 2 is 1.80 bits per heavy atom. The maximum atomic E-state index is 11.7. The molecule has 1 unspecified atom stereocenters. The highest BCUT2D eigenvalue weighted by atomic mass is 16.5. The number of aromatic nitrogens is 2. The minimum Gasteiger partial charge on any atom is -0.379 e. The van der Waals surface area contributed by atoms with Crippen LogP contribution in [0.25, 0.3) is 10.9 Å². The van der Waals surface area contributed by atoms with Gasteiger partial charge in [0.1, 0.15) is 0 Å². The number of rotatable bonds is 3. The van der Waals surface area contributed by atoms with Crippen LogP contribution >= 0.6 is 0 Å². The van der Waals surface area contributed by atoms with E-state index in [4.69, 9.17) is 4.74 Å². The summed E-state index contributed by atoms with van der Waals surface area (Å²) in [7, 11) is 0. The lowest BCUT2D eigenvalue weighted by molar-refractivity contribution is -0.115. The SMILES string of the molecule is CC(=O)c1cccc2cnc(NC3CCCCC3)nc12.CC(N)=O.CC1CCCO1. The first kappa shape index (κ1) is 23.7. The van der Waals surface area contributed by atoms with E-state index in [2.05, 4.69) is 27.9 Å². The minimum absolute atomic E-state index is 0.0397. The van der Waals surface area contributed by atoms with Crippen LogP contribution < -0.4 is 11.1 Å². The second kappa shape index (κ2) is 12.2. The van der Waals surface area contributed by atoms with E-state index in [1.165, 1.54) is 51.9 Å². The lowest BCUT2D eigenvalue weighted by Gasteiger charge is -2.22. The van der Waals surface area contributed by atoms with Crippen molar-refractivity contribution in [3.05, 3.63) is 30.0 Å². The molecule has 1 saturated carbocycles. The van der Waals surface area contributed by atoms with Crippen molar-refractivity contribution in [3.8, 4) is 0 Å². The van der Waals surface area contributed by atoms with Crippen LogP contribution in [-0.2, 0) is 9.53 Å². The zero-order valence-corrected chi connectivity index (χ0v) is 18.3. The molecule has 0 spiro atoms. The van der Waals surface area contributed by atoms with E-state index in [9.17, 15) is 9.59 Å². The molecule has 7 heteroatoms. The molecule has 1 atom stereocenters. The fourth-order valence-electron chi connectivity index (χ4n) is 3.58. The second-order valence-corrected chi connectivity index (χ2v) is 7.91. The van der Waals surface area contributed by atoms with Gasteiger partial charge in [-0.3, -0.25) is 9.59 Å². The third-order valence-corrected chi connectivity index (χ3v) is 5.09. The second-order valence-electron chi connectivity index (χ2n) is 7.91. The van der Waals surface area contributed by atoms with Gasteiger partial charge in [-0.25, -0.2) is 9.97 Å². The van der Waals surface area contributed by atoms with E-state index < -0.39 is 0 Å². The normalized spacial score (nSPS) is 18.6. The molecular formula is C23H34N4O3. The van der Waals surface area contributed by atoms with Gasteiger partial charge in [0.25, 0.3) is 0 Å². The van der Waals surface area contributed by atoms with Crippen LogP contribution in [0.2, 0.25) is 0 Å². The molecule has 1 aliphatic carbocycles. The van der Waals surface area contributed by atoms with E-state index in [0.29, 0.717) is 23.7 Å². The van der Waals surface area contributed by atoms with Crippen LogP contribution in [0.1, 0.15) is 76.1 Å². The molecule has 2 aromatic rings. The Labute approximate surface area is 178 Å². The van der Waals surface area contributed by atoms with Gasteiger partial charge in [0.2, 0.25) is 11.9 Å². The first-order valence-electron chi connectivity index (χ1n) is 10.8. The number of primary amides is 1. The summed E-state index contributed by atoms with van der Waals surface area (Å²) in [5, 5.41) is 4.31. The lowest BCUT2D eigenvalue weighted by Crippen LogP contribution is -2.23. The number of fused-ring (bicyclic) bond motifs is 1. The molecular weight excluding hydrogens is 380 g/mol. The number of nitrogens with one attached hydrogen (secondary N) is 1. The topological polar surface area (TPSA) is 107 Å². The number of ketones is 1. The number of hydrogen-bond donors (Lipinski definition) is 2. The molecule has 4 rings (SSSR count). The van der Waals surface area contributed by atoms with E-state index >= 15 is 0 Å². The minimum atomic E-state index is -0.333. The number of carbonyl (C=O) groups is 2. The van der Waals surface area contributed by atoms with Crippen LogP contribution in [0, 0.1) is 0 Å². The molecule has 2 fully saturated rings. The number of para-hydroxylation sites is 1. The molecule has 3 N–H and O–H groups in total. The molecule has 1 aromatic carbocycles. The Bertz CT molecular complexity index is 824. The molecule has 0 bridgehead atoms. The third-order valence-electron chi connectivity index (χ3n) is 5.09. The van der Waals surface area contributed by atoms with Crippen molar-refractivity contribution in [1.29, 1.82) is 0 Å². The van der Waals surface area contributed by atoms with Crippen LogP contribution in [0.5, 0.6) is 0 Å². The molecule has 7 nitrogen and oxygen atoms in total. The van der Waals surface area contributed by atoms with Crippen LogP contribution in [0.3, 0.4) is 0 Å². The van der Waals surface area contributed by atoms with E-state index in [-0.39, 0.29) is 11.7 Å². The Hall–Kier alpha value is -2.54. The molecule has 1 aromatic heterocycles. The quantitative estimate of drug-likeness (QED) is 0.727. The highest BCUT2D eigenvalue weighted by Gasteiger charge is 2.15. The van der Waals surface area contributed by atoms with Crippen molar-refractivity contribution >= 4 is 28.5 Å². The number of amides is 1. The third kappa shape index (κ3) is 8.06. The van der Waals surface area contributed by atoms with Gasteiger partial charge in [-0.1, -0.05) is 31.4 Å². The predicted molar refractivity (Wildman–Crippen MR) is 120 cm³/mol. The first-order valence-corrected chi connectivity index (χ1v) is 10.8. The Morgan fingerprint density at radius 1 is 1.10 bits per heavy atom. The molecule has 2 heterocycles. The number of anilines is 1. The summed E-state index contributed by atoms with van der Waals surface area (Å²) < 4.78 is 5.15. The largest absolute Gasteiger partial charge is 0.379 e. The molecule has 1 saturated heterocycles. The summed E-state index contributed by atoms with van der Waals surface area (Å²) in [6.07, 6.45) is 11.1.